The molecule has 0 spiro atoms. The van der Waals surface area contributed by atoms with E-state index in [4.69, 9.17) is 10.5 Å². The van der Waals surface area contributed by atoms with Crippen molar-refractivity contribution < 1.29 is 27.3 Å². The SMILES string of the molecule is NC1(OC(=O)NCc2ccc(Nc3ccccc3C(F)(F)F)cn2)CC[S+]([O-])C1. The highest BCUT2D eigenvalue weighted by Crippen LogP contribution is 2.35. The summed E-state index contributed by atoms with van der Waals surface area (Å²) in [7, 11) is 0. The Kier molecular flexibility index (Phi) is 6.20. The van der Waals surface area contributed by atoms with Gasteiger partial charge in [-0.3, -0.25) is 10.7 Å². The minimum absolute atomic E-state index is 0.0391. The molecule has 2 unspecified atom stereocenters. The number of carbonyl (C=O) groups excluding carboxylic acids is 1. The summed E-state index contributed by atoms with van der Waals surface area (Å²) in [5.41, 5.74) is 4.61. The normalized spacial score (nSPS) is 21.6. The van der Waals surface area contributed by atoms with E-state index in [1.165, 1.54) is 24.4 Å². The topological polar surface area (TPSA) is 112 Å². The summed E-state index contributed by atoms with van der Waals surface area (Å²) in [4.78, 5) is 16.0. The van der Waals surface area contributed by atoms with Gasteiger partial charge in [-0.05, 0) is 35.4 Å². The number of pyridine rings is 1. The first kappa shape index (κ1) is 21.2. The number of alkyl carbamates (subject to hydrolysis) is 1. The van der Waals surface area contributed by atoms with Gasteiger partial charge in [0.1, 0.15) is 5.75 Å². The van der Waals surface area contributed by atoms with Gasteiger partial charge in [0, 0.05) is 0 Å². The van der Waals surface area contributed by atoms with Crippen LogP contribution in [0.25, 0.3) is 0 Å². The molecule has 29 heavy (non-hydrogen) atoms. The molecule has 11 heteroatoms. The molecule has 0 radical (unpaired) electrons. The Morgan fingerprint density at radius 3 is 2.69 bits per heavy atom. The number of anilines is 2. The average Bonchev–Trinajstić information content (AvgIpc) is 2.99. The van der Waals surface area contributed by atoms with Crippen LogP contribution in [0.4, 0.5) is 29.3 Å². The van der Waals surface area contributed by atoms with Crippen molar-refractivity contribution in [2.45, 2.75) is 24.9 Å². The molecule has 1 aromatic heterocycles. The monoisotopic (exact) mass is 428 g/mol. The number of nitrogens with two attached hydrogens (primary N) is 1. The van der Waals surface area contributed by atoms with Gasteiger partial charge in [0.2, 0.25) is 5.72 Å². The zero-order valence-electron chi connectivity index (χ0n) is 15.2. The fourth-order valence-corrected chi connectivity index (χ4v) is 4.23. The number of halogens is 3. The predicted molar refractivity (Wildman–Crippen MR) is 102 cm³/mol. The van der Waals surface area contributed by atoms with Crippen LogP contribution in [0.2, 0.25) is 0 Å². The number of benzene rings is 1. The molecule has 4 N–H and O–H groups in total. The van der Waals surface area contributed by atoms with Gasteiger partial charge in [-0.2, -0.15) is 13.2 Å². The molecule has 1 aliphatic heterocycles. The van der Waals surface area contributed by atoms with Crippen LogP contribution in [0.5, 0.6) is 0 Å². The number of para-hydroxylation sites is 1. The van der Waals surface area contributed by atoms with Gasteiger partial charge in [-0.1, -0.05) is 12.1 Å². The zero-order chi connectivity index (χ0) is 21.1. The number of rotatable bonds is 5. The highest BCUT2D eigenvalue weighted by Gasteiger charge is 2.42. The van der Waals surface area contributed by atoms with Crippen LogP contribution in [-0.4, -0.2) is 32.9 Å². The average molecular weight is 428 g/mol. The lowest BCUT2D eigenvalue weighted by atomic mass is 10.1. The lowest BCUT2D eigenvalue weighted by Gasteiger charge is -2.21. The Bertz CT molecular complexity index is 866. The second kappa shape index (κ2) is 8.47. The highest BCUT2D eigenvalue weighted by molar-refractivity contribution is 7.91. The fraction of sp³-hybridized carbons (Fsp3) is 0.333. The van der Waals surface area contributed by atoms with Crippen molar-refractivity contribution in [3.05, 3.63) is 53.9 Å². The van der Waals surface area contributed by atoms with Gasteiger partial charge in [0.05, 0.1) is 41.8 Å². The zero-order valence-corrected chi connectivity index (χ0v) is 16.0. The van der Waals surface area contributed by atoms with Crippen LogP contribution in [0, 0.1) is 0 Å². The molecule has 2 heterocycles. The van der Waals surface area contributed by atoms with Gasteiger partial charge in [-0.15, -0.1) is 0 Å². The first-order chi connectivity index (χ1) is 13.6. The van der Waals surface area contributed by atoms with E-state index in [1.54, 1.807) is 12.1 Å². The van der Waals surface area contributed by atoms with Crippen LogP contribution in [-0.2, 0) is 28.6 Å². The number of aromatic nitrogens is 1. The van der Waals surface area contributed by atoms with Crippen LogP contribution in [0.1, 0.15) is 17.7 Å². The van der Waals surface area contributed by atoms with Crippen LogP contribution < -0.4 is 16.4 Å². The third kappa shape index (κ3) is 5.75. The Labute approximate surface area is 168 Å². The largest absolute Gasteiger partial charge is 0.616 e. The van der Waals surface area contributed by atoms with Crippen molar-refractivity contribution in [3.63, 3.8) is 0 Å². The molecule has 156 valence electrons. The molecule has 0 saturated carbocycles. The smallest absolute Gasteiger partial charge is 0.418 e. The van der Waals surface area contributed by atoms with E-state index < -0.39 is 34.7 Å². The maximum absolute atomic E-state index is 13.1. The van der Waals surface area contributed by atoms with E-state index >= 15 is 0 Å². The fourth-order valence-electron chi connectivity index (χ4n) is 2.77. The van der Waals surface area contributed by atoms with Crippen LogP contribution >= 0.6 is 0 Å². The van der Waals surface area contributed by atoms with Crippen molar-refractivity contribution in [3.8, 4) is 0 Å². The van der Waals surface area contributed by atoms with Crippen molar-refractivity contribution in [2.75, 3.05) is 16.8 Å². The van der Waals surface area contributed by atoms with Crippen LogP contribution in [0.3, 0.4) is 0 Å². The minimum atomic E-state index is -4.48. The van der Waals surface area contributed by atoms with E-state index in [2.05, 4.69) is 15.6 Å². The molecule has 1 amide bonds. The van der Waals surface area contributed by atoms with Crippen molar-refractivity contribution in [1.82, 2.24) is 10.3 Å². The molecule has 0 aliphatic carbocycles. The third-order valence-corrected chi connectivity index (χ3v) is 5.67. The summed E-state index contributed by atoms with van der Waals surface area (Å²) < 4.78 is 55.7. The Morgan fingerprint density at radius 1 is 1.31 bits per heavy atom. The van der Waals surface area contributed by atoms with Gasteiger partial charge in [-0.25, -0.2) is 4.79 Å². The molecule has 1 fully saturated rings. The summed E-state index contributed by atoms with van der Waals surface area (Å²) in [6.07, 6.45) is -3.55. The van der Waals surface area contributed by atoms with Gasteiger partial charge >= 0.3 is 12.3 Å². The Balaban J connectivity index is 1.55. The number of hydrogen-bond donors (Lipinski definition) is 3. The number of carbonyl (C=O) groups is 1. The number of nitrogens with one attached hydrogen (secondary N) is 2. The molecule has 1 aliphatic rings. The Hall–Kier alpha value is -2.50. The molecule has 1 saturated heterocycles. The molecular formula is C18H19F3N4O3S. The lowest BCUT2D eigenvalue weighted by Crippen LogP contribution is -2.47. The van der Waals surface area contributed by atoms with E-state index in [-0.39, 0.29) is 18.0 Å². The molecule has 3 rings (SSSR count). The lowest BCUT2D eigenvalue weighted by molar-refractivity contribution is -0.136. The highest BCUT2D eigenvalue weighted by atomic mass is 32.2. The summed E-state index contributed by atoms with van der Waals surface area (Å²) in [5, 5.41) is 5.18. The first-order valence-corrected chi connectivity index (χ1v) is 10.1. The number of amides is 1. The maximum Gasteiger partial charge on any atom is 0.418 e. The van der Waals surface area contributed by atoms with E-state index in [0.29, 0.717) is 23.6 Å². The third-order valence-electron chi connectivity index (χ3n) is 4.20. The van der Waals surface area contributed by atoms with Crippen molar-refractivity contribution in [2.24, 2.45) is 5.73 Å². The summed E-state index contributed by atoms with van der Waals surface area (Å²) >= 11 is -1.10. The molecule has 0 bridgehead atoms. The molecule has 1 aromatic carbocycles. The summed E-state index contributed by atoms with van der Waals surface area (Å²) in [5.74, 6) is 0.482. The standard InChI is InChI=1S/C18H19F3N4O3S/c19-18(20,21)14-3-1-2-4-15(14)25-13-6-5-12(23-10-13)9-24-16(26)28-17(22)7-8-29(27)11-17/h1-6,10,25H,7-9,11,22H2,(H,24,26). The quantitative estimate of drug-likeness (QED) is 0.499. The van der Waals surface area contributed by atoms with Gasteiger partial charge in [0.15, 0.2) is 5.75 Å². The van der Waals surface area contributed by atoms with Crippen molar-refractivity contribution >= 4 is 28.6 Å². The van der Waals surface area contributed by atoms with Gasteiger partial charge < -0.3 is 19.9 Å². The van der Waals surface area contributed by atoms with E-state index in [1.807, 2.05) is 0 Å². The first-order valence-electron chi connectivity index (χ1n) is 8.63. The number of alkyl halides is 3. The van der Waals surface area contributed by atoms with Gasteiger partial charge in [0.25, 0.3) is 0 Å². The molecular weight excluding hydrogens is 409 g/mol. The Morgan fingerprint density at radius 2 is 2.07 bits per heavy atom. The maximum atomic E-state index is 13.1. The van der Waals surface area contributed by atoms with Crippen molar-refractivity contribution in [1.29, 1.82) is 0 Å². The predicted octanol–water partition coefficient (Wildman–Crippen LogP) is 2.88. The van der Waals surface area contributed by atoms with E-state index in [0.717, 1.165) is 6.07 Å². The molecule has 2 atom stereocenters. The number of hydrogen-bond acceptors (Lipinski definition) is 6. The summed E-state index contributed by atoms with van der Waals surface area (Å²) in [6, 6.07) is 8.24. The van der Waals surface area contributed by atoms with E-state index in [9.17, 15) is 22.5 Å². The second-order valence-electron chi connectivity index (χ2n) is 6.55. The molecule has 7 nitrogen and oxygen atoms in total. The van der Waals surface area contributed by atoms with Crippen LogP contribution in [0.15, 0.2) is 42.6 Å². The minimum Gasteiger partial charge on any atom is -0.616 e. The molecule has 2 aromatic rings. The summed E-state index contributed by atoms with van der Waals surface area (Å²) in [6.45, 7) is 0.0391. The number of nitrogens with zero attached hydrogens (tertiary/aromatic N) is 1. The number of ether oxygens (including phenoxy) is 1. The second-order valence-corrected chi connectivity index (χ2v) is 8.13.